The van der Waals surface area contributed by atoms with Gasteiger partial charge in [0.05, 0.1) is 0 Å². The smallest absolute Gasteiger partial charge is 0.0463 e. The number of hydrogen-bond donors (Lipinski definition) is 0. The van der Waals surface area contributed by atoms with Crippen molar-refractivity contribution < 1.29 is 0 Å². The first kappa shape index (κ1) is 31.6. The summed E-state index contributed by atoms with van der Waals surface area (Å²) < 4.78 is 0. The van der Waals surface area contributed by atoms with E-state index in [1.807, 2.05) is 22.7 Å². The zero-order chi connectivity index (χ0) is 33.9. The molecule has 0 atom stereocenters. The van der Waals surface area contributed by atoms with E-state index in [4.69, 9.17) is 0 Å². The van der Waals surface area contributed by atoms with Gasteiger partial charge in [0.2, 0.25) is 0 Å². The molecular weight excluding hydrogens is 645 g/mol. The second kappa shape index (κ2) is 14.0. The van der Waals surface area contributed by atoms with Crippen LogP contribution < -0.4 is 9.80 Å². The Bertz CT molecular complexity index is 2300. The minimum Gasteiger partial charge on any atom is -0.311 e. The van der Waals surface area contributed by atoms with E-state index in [1.165, 1.54) is 41.8 Å². The number of rotatable bonds is 9. The van der Waals surface area contributed by atoms with Gasteiger partial charge in [0.1, 0.15) is 0 Å². The Hall–Kier alpha value is -5.68. The largest absolute Gasteiger partial charge is 0.311 e. The standard InChI is InChI=1S/C46H36N2S2/c1-33-13-16-35(17-14-33)45-31-32-46(50-45)37-20-24-41(25-21-37)48(39-11-7-4-8-12-39)43-28-26-42(27-29-43)47(38-9-5-3-6-10-38)40-22-18-36(19-23-40)44-30-15-34(2)49-44/h3-32H,1-2H3. The second-order valence-electron chi connectivity index (χ2n) is 12.4. The van der Waals surface area contributed by atoms with Crippen molar-refractivity contribution in [1.82, 2.24) is 0 Å². The molecule has 242 valence electrons. The second-order valence-corrected chi connectivity index (χ2v) is 14.8. The molecule has 0 bridgehead atoms. The van der Waals surface area contributed by atoms with Gasteiger partial charge in [0.25, 0.3) is 0 Å². The van der Waals surface area contributed by atoms with Crippen LogP contribution >= 0.6 is 22.7 Å². The quantitative estimate of drug-likeness (QED) is 0.150. The fraction of sp³-hybridized carbons (Fsp3) is 0.0435. The van der Waals surface area contributed by atoms with Crippen LogP contribution in [0, 0.1) is 13.8 Å². The Morgan fingerprint density at radius 1 is 0.300 bits per heavy atom. The van der Waals surface area contributed by atoms with Crippen LogP contribution in [0.5, 0.6) is 0 Å². The molecule has 2 nitrogen and oxygen atoms in total. The van der Waals surface area contributed by atoms with Gasteiger partial charge < -0.3 is 9.80 Å². The first-order valence-corrected chi connectivity index (χ1v) is 18.5. The Morgan fingerprint density at radius 2 is 0.620 bits per heavy atom. The molecular formula is C46H36N2S2. The SMILES string of the molecule is Cc1ccc(-c2ccc(-c3ccc(N(c4ccccc4)c4ccc(N(c5ccccc5)c5ccc(-c6ccc(C)s6)cc5)cc4)cc3)s2)cc1. The summed E-state index contributed by atoms with van der Waals surface area (Å²) in [6.07, 6.45) is 0. The van der Waals surface area contributed by atoms with Gasteiger partial charge in [-0.05, 0) is 128 Å². The lowest BCUT2D eigenvalue weighted by Gasteiger charge is -2.28. The zero-order valence-electron chi connectivity index (χ0n) is 28.0. The van der Waals surface area contributed by atoms with Crippen LogP contribution in [0.4, 0.5) is 34.1 Å². The molecule has 8 rings (SSSR count). The normalized spacial score (nSPS) is 11.0. The number of benzene rings is 6. The van der Waals surface area contributed by atoms with Gasteiger partial charge in [-0.2, -0.15) is 0 Å². The fourth-order valence-electron chi connectivity index (χ4n) is 6.30. The van der Waals surface area contributed by atoms with Gasteiger partial charge in [-0.25, -0.2) is 0 Å². The maximum Gasteiger partial charge on any atom is 0.0463 e. The van der Waals surface area contributed by atoms with E-state index in [1.54, 1.807) is 0 Å². The van der Waals surface area contributed by atoms with Gasteiger partial charge in [0, 0.05) is 53.6 Å². The van der Waals surface area contributed by atoms with Crippen LogP contribution in [-0.4, -0.2) is 0 Å². The summed E-state index contributed by atoms with van der Waals surface area (Å²) >= 11 is 3.67. The summed E-state index contributed by atoms with van der Waals surface area (Å²) in [6, 6.07) is 65.6. The molecule has 0 aliphatic carbocycles. The molecule has 0 saturated carbocycles. The molecule has 6 aromatic carbocycles. The summed E-state index contributed by atoms with van der Waals surface area (Å²) in [5.41, 5.74) is 11.7. The van der Waals surface area contributed by atoms with Crippen LogP contribution in [0.3, 0.4) is 0 Å². The number of hydrogen-bond acceptors (Lipinski definition) is 4. The molecule has 0 saturated heterocycles. The van der Waals surface area contributed by atoms with Gasteiger partial charge in [-0.3, -0.25) is 0 Å². The van der Waals surface area contributed by atoms with Crippen molar-refractivity contribution in [3.63, 3.8) is 0 Å². The average molecular weight is 681 g/mol. The van der Waals surface area contributed by atoms with Crippen molar-refractivity contribution in [2.24, 2.45) is 0 Å². The lowest BCUT2D eigenvalue weighted by Crippen LogP contribution is -2.12. The lowest BCUT2D eigenvalue weighted by molar-refractivity contribution is 1.26. The first-order chi connectivity index (χ1) is 24.6. The molecule has 0 aliphatic rings. The van der Waals surface area contributed by atoms with Crippen molar-refractivity contribution in [2.45, 2.75) is 13.8 Å². The molecule has 4 heteroatoms. The molecule has 0 unspecified atom stereocenters. The zero-order valence-corrected chi connectivity index (χ0v) is 29.7. The number of nitrogens with zero attached hydrogens (tertiary/aromatic N) is 2. The molecule has 0 aliphatic heterocycles. The topological polar surface area (TPSA) is 6.48 Å². The van der Waals surface area contributed by atoms with Crippen molar-refractivity contribution in [2.75, 3.05) is 9.80 Å². The van der Waals surface area contributed by atoms with E-state index < -0.39 is 0 Å². The highest BCUT2D eigenvalue weighted by molar-refractivity contribution is 7.18. The third-order valence-electron chi connectivity index (χ3n) is 8.90. The maximum atomic E-state index is 2.32. The number of thiophene rings is 2. The van der Waals surface area contributed by atoms with E-state index in [9.17, 15) is 0 Å². The maximum absolute atomic E-state index is 2.32. The average Bonchev–Trinajstić information content (AvgIpc) is 3.84. The van der Waals surface area contributed by atoms with E-state index in [0.717, 1.165) is 34.1 Å². The Kier molecular flexibility index (Phi) is 8.87. The van der Waals surface area contributed by atoms with Gasteiger partial charge >= 0.3 is 0 Å². The minimum absolute atomic E-state index is 1.10. The van der Waals surface area contributed by atoms with E-state index >= 15 is 0 Å². The molecule has 0 amide bonds. The highest BCUT2D eigenvalue weighted by atomic mass is 32.1. The Morgan fingerprint density at radius 3 is 1.00 bits per heavy atom. The molecule has 8 aromatic rings. The predicted octanol–water partition coefficient (Wildman–Crippen LogP) is 14.4. The van der Waals surface area contributed by atoms with Crippen molar-refractivity contribution in [3.05, 3.63) is 192 Å². The van der Waals surface area contributed by atoms with Crippen LogP contribution in [0.2, 0.25) is 0 Å². The Balaban J connectivity index is 1.11. The van der Waals surface area contributed by atoms with Crippen molar-refractivity contribution >= 4 is 56.8 Å². The van der Waals surface area contributed by atoms with Crippen molar-refractivity contribution in [1.29, 1.82) is 0 Å². The summed E-state index contributed by atoms with van der Waals surface area (Å²) in [5, 5.41) is 0. The molecule has 0 N–H and O–H groups in total. The summed E-state index contributed by atoms with van der Waals surface area (Å²) in [6.45, 7) is 4.29. The Labute approximate surface area is 302 Å². The highest BCUT2D eigenvalue weighted by Crippen LogP contribution is 2.41. The highest BCUT2D eigenvalue weighted by Gasteiger charge is 2.17. The number of aryl methyl sites for hydroxylation is 2. The fourth-order valence-corrected chi connectivity index (χ4v) is 8.19. The monoisotopic (exact) mass is 680 g/mol. The van der Waals surface area contributed by atoms with Crippen LogP contribution in [0.25, 0.3) is 31.3 Å². The minimum atomic E-state index is 1.10. The van der Waals surface area contributed by atoms with Crippen LogP contribution in [0.1, 0.15) is 10.4 Å². The molecule has 0 fully saturated rings. The number of anilines is 6. The van der Waals surface area contributed by atoms with Crippen molar-refractivity contribution in [3.8, 4) is 31.3 Å². The molecule has 2 aromatic heterocycles. The van der Waals surface area contributed by atoms with Gasteiger partial charge in [-0.1, -0.05) is 90.5 Å². The first-order valence-electron chi connectivity index (χ1n) is 16.8. The van der Waals surface area contributed by atoms with E-state index in [2.05, 4.69) is 206 Å². The van der Waals surface area contributed by atoms with Crippen LogP contribution in [-0.2, 0) is 0 Å². The van der Waals surface area contributed by atoms with Crippen LogP contribution in [0.15, 0.2) is 182 Å². The third kappa shape index (κ3) is 6.64. The van der Waals surface area contributed by atoms with E-state index in [-0.39, 0.29) is 0 Å². The molecule has 2 heterocycles. The third-order valence-corrected chi connectivity index (χ3v) is 11.1. The summed E-state index contributed by atoms with van der Waals surface area (Å²) in [7, 11) is 0. The number of para-hydroxylation sites is 2. The molecule has 0 spiro atoms. The van der Waals surface area contributed by atoms with Gasteiger partial charge in [0.15, 0.2) is 0 Å². The summed E-state index contributed by atoms with van der Waals surface area (Å²) in [4.78, 5) is 9.81. The molecule has 50 heavy (non-hydrogen) atoms. The summed E-state index contributed by atoms with van der Waals surface area (Å²) in [5.74, 6) is 0. The van der Waals surface area contributed by atoms with Gasteiger partial charge in [-0.15, -0.1) is 22.7 Å². The van der Waals surface area contributed by atoms with E-state index in [0.29, 0.717) is 0 Å². The lowest BCUT2D eigenvalue weighted by atomic mass is 10.1. The molecule has 0 radical (unpaired) electrons. The predicted molar refractivity (Wildman–Crippen MR) is 217 cm³/mol.